The van der Waals surface area contributed by atoms with Gasteiger partial charge < -0.3 is 9.22 Å². The lowest BCUT2D eigenvalue weighted by atomic mass is 9.70. The zero-order valence-corrected chi connectivity index (χ0v) is 25.6. The lowest BCUT2D eigenvalue weighted by Crippen LogP contribution is -2.67. The van der Waals surface area contributed by atoms with Crippen LogP contribution < -0.4 is 0 Å². The molecule has 0 amide bonds. The van der Waals surface area contributed by atoms with Crippen molar-refractivity contribution in [1.82, 2.24) is 4.98 Å². The Hall–Kier alpha value is -4.05. The molecular formula is C41H41N2O+. The predicted octanol–water partition coefficient (Wildman–Crippen LogP) is 9.63. The first-order valence-electron chi connectivity index (χ1n) is 16.5. The number of piperidine rings is 3. The van der Waals surface area contributed by atoms with Crippen LogP contribution in [0.5, 0.6) is 0 Å². The number of aromatic nitrogens is 1. The summed E-state index contributed by atoms with van der Waals surface area (Å²) in [5.41, 5.74) is 5.06. The highest BCUT2D eigenvalue weighted by molar-refractivity contribution is 6.02. The van der Waals surface area contributed by atoms with E-state index in [9.17, 15) is 0 Å². The van der Waals surface area contributed by atoms with Gasteiger partial charge in [0.15, 0.2) is 0 Å². The van der Waals surface area contributed by atoms with Gasteiger partial charge in [-0.3, -0.25) is 4.98 Å². The molecule has 0 spiro atoms. The number of fused-ring (bicyclic) bond motifs is 6. The standard InChI is InChI=1S/C41H41N2O/c1-2-30-26-43(27-38-34-16-8-6-14-32(34)24-33-15-7-9-17-35(33)38)23-21-31(30)25-40(43)41(44-28-29-12-4-3-5-13-29)37-20-22-42-39-19-11-10-18-36(37)39/h3-20,22,24,30-31,40-41H,2,21,23,25-28H2,1H3/q+1/t30?,31?,40?,41-,43?/m0/s1. The number of rotatable bonds is 8. The lowest BCUT2D eigenvalue weighted by Gasteiger charge is -2.59. The molecule has 2 bridgehead atoms. The fraction of sp³-hybridized carbons (Fsp3) is 0.293. The van der Waals surface area contributed by atoms with Crippen LogP contribution in [0.15, 0.2) is 121 Å². The average Bonchev–Trinajstić information content (AvgIpc) is 3.09. The van der Waals surface area contributed by atoms with Crippen LogP contribution in [-0.2, 0) is 17.9 Å². The van der Waals surface area contributed by atoms with Gasteiger partial charge in [-0.2, -0.15) is 0 Å². The summed E-state index contributed by atoms with van der Waals surface area (Å²) in [7, 11) is 0. The fourth-order valence-electron chi connectivity index (χ4n) is 8.77. The van der Waals surface area contributed by atoms with E-state index in [2.05, 4.69) is 122 Å². The number of benzene rings is 5. The average molecular weight is 578 g/mol. The molecule has 9 rings (SSSR count). The van der Waals surface area contributed by atoms with E-state index in [1.54, 1.807) is 0 Å². The van der Waals surface area contributed by atoms with Crippen molar-refractivity contribution in [3.05, 3.63) is 138 Å². The van der Waals surface area contributed by atoms with E-state index >= 15 is 0 Å². The number of hydrogen-bond donors (Lipinski definition) is 0. The molecule has 1 aromatic heterocycles. The zero-order valence-electron chi connectivity index (χ0n) is 25.6. The molecule has 3 fully saturated rings. The van der Waals surface area contributed by atoms with Crippen molar-refractivity contribution in [2.45, 2.75) is 51.5 Å². The Bertz CT molecular complexity index is 1880. The van der Waals surface area contributed by atoms with Crippen LogP contribution in [0, 0.1) is 11.8 Å². The molecule has 6 aromatic rings. The Balaban J connectivity index is 1.29. The van der Waals surface area contributed by atoms with Crippen LogP contribution in [0.2, 0.25) is 0 Å². The molecule has 3 saturated heterocycles. The van der Waals surface area contributed by atoms with Gasteiger partial charge in [-0.15, -0.1) is 0 Å². The maximum atomic E-state index is 7.18. The second-order valence-corrected chi connectivity index (χ2v) is 13.2. The topological polar surface area (TPSA) is 22.1 Å². The molecule has 4 heterocycles. The molecule has 5 aromatic carbocycles. The van der Waals surface area contributed by atoms with E-state index in [1.165, 1.54) is 76.0 Å². The van der Waals surface area contributed by atoms with Crippen molar-refractivity contribution in [1.29, 1.82) is 0 Å². The molecule has 220 valence electrons. The van der Waals surface area contributed by atoms with E-state index in [0.717, 1.165) is 28.4 Å². The third kappa shape index (κ3) is 4.80. The summed E-state index contributed by atoms with van der Waals surface area (Å²) in [6, 6.07) is 42.3. The van der Waals surface area contributed by atoms with Gasteiger partial charge in [0.1, 0.15) is 18.7 Å². The molecular weight excluding hydrogens is 536 g/mol. The monoisotopic (exact) mass is 577 g/mol. The molecule has 0 saturated carbocycles. The maximum Gasteiger partial charge on any atom is 0.135 e. The first-order chi connectivity index (χ1) is 21.7. The Morgan fingerprint density at radius 1 is 0.795 bits per heavy atom. The van der Waals surface area contributed by atoms with Gasteiger partial charge in [0.25, 0.3) is 0 Å². The Labute approximate surface area is 260 Å². The third-order valence-electron chi connectivity index (χ3n) is 10.9. The van der Waals surface area contributed by atoms with E-state index in [-0.39, 0.29) is 6.10 Å². The minimum absolute atomic E-state index is 0.0232. The number of nitrogens with zero attached hydrogens (tertiary/aromatic N) is 2. The Morgan fingerprint density at radius 3 is 2.23 bits per heavy atom. The molecule has 3 aliphatic rings. The number of para-hydroxylation sites is 1. The first-order valence-corrected chi connectivity index (χ1v) is 16.5. The SMILES string of the molecule is CCC1C[N+]2(Cc3c4ccccc4cc4ccccc34)CCC1CC2[C@@H](OCc1ccccc1)c1ccnc2ccccc12. The summed E-state index contributed by atoms with van der Waals surface area (Å²) in [4.78, 5) is 4.75. The van der Waals surface area contributed by atoms with E-state index in [0.29, 0.717) is 12.6 Å². The van der Waals surface area contributed by atoms with Gasteiger partial charge in [-0.1, -0.05) is 104 Å². The van der Waals surface area contributed by atoms with Crippen LogP contribution in [0.3, 0.4) is 0 Å². The Morgan fingerprint density at radius 2 is 1.48 bits per heavy atom. The Kier molecular flexibility index (Phi) is 7.16. The van der Waals surface area contributed by atoms with Gasteiger partial charge >= 0.3 is 0 Å². The summed E-state index contributed by atoms with van der Waals surface area (Å²) in [6.45, 7) is 6.47. The van der Waals surface area contributed by atoms with E-state index in [4.69, 9.17) is 9.72 Å². The lowest BCUT2D eigenvalue weighted by molar-refractivity contribution is -0.985. The second kappa shape index (κ2) is 11.5. The van der Waals surface area contributed by atoms with E-state index in [1.807, 2.05) is 6.20 Å². The summed E-state index contributed by atoms with van der Waals surface area (Å²) >= 11 is 0. The summed E-state index contributed by atoms with van der Waals surface area (Å²) in [5, 5.41) is 6.69. The van der Waals surface area contributed by atoms with Crippen LogP contribution in [0.4, 0.5) is 0 Å². The minimum Gasteiger partial charge on any atom is -0.363 e. The van der Waals surface area contributed by atoms with Crippen LogP contribution in [0.1, 0.15) is 49.0 Å². The van der Waals surface area contributed by atoms with Crippen molar-refractivity contribution in [3.63, 3.8) is 0 Å². The van der Waals surface area contributed by atoms with Gasteiger partial charge in [0.2, 0.25) is 0 Å². The van der Waals surface area contributed by atoms with Gasteiger partial charge in [-0.25, -0.2) is 0 Å². The summed E-state index contributed by atoms with van der Waals surface area (Å²) < 4.78 is 8.26. The molecule has 3 nitrogen and oxygen atoms in total. The molecule has 4 unspecified atom stereocenters. The second-order valence-electron chi connectivity index (χ2n) is 13.2. The maximum absolute atomic E-state index is 7.18. The number of quaternary nitrogens is 1. The van der Waals surface area contributed by atoms with Gasteiger partial charge in [0, 0.05) is 35.9 Å². The highest BCUT2D eigenvalue weighted by Crippen LogP contribution is 2.50. The zero-order chi connectivity index (χ0) is 29.5. The normalized spacial score (nSPS) is 23.8. The van der Waals surface area contributed by atoms with E-state index < -0.39 is 0 Å². The highest BCUT2D eigenvalue weighted by atomic mass is 16.5. The van der Waals surface area contributed by atoms with Crippen molar-refractivity contribution in [3.8, 4) is 0 Å². The smallest absolute Gasteiger partial charge is 0.135 e. The molecule has 3 aliphatic heterocycles. The predicted molar refractivity (Wildman–Crippen MR) is 181 cm³/mol. The largest absolute Gasteiger partial charge is 0.363 e. The summed E-state index contributed by atoms with van der Waals surface area (Å²) in [5.74, 6) is 1.51. The molecule has 44 heavy (non-hydrogen) atoms. The number of pyridine rings is 1. The number of hydrogen-bond acceptors (Lipinski definition) is 2. The minimum atomic E-state index is -0.0232. The van der Waals surface area contributed by atoms with Gasteiger partial charge in [0.05, 0.1) is 25.2 Å². The highest BCUT2D eigenvalue weighted by Gasteiger charge is 2.55. The van der Waals surface area contributed by atoms with Gasteiger partial charge in [-0.05, 0) is 63.2 Å². The first kappa shape index (κ1) is 27.5. The molecule has 5 atom stereocenters. The van der Waals surface area contributed by atoms with Crippen LogP contribution in [-0.4, -0.2) is 28.6 Å². The van der Waals surface area contributed by atoms with Crippen molar-refractivity contribution in [2.75, 3.05) is 13.1 Å². The van der Waals surface area contributed by atoms with Crippen LogP contribution in [0.25, 0.3) is 32.4 Å². The quantitative estimate of drug-likeness (QED) is 0.133. The molecule has 0 N–H and O–H groups in total. The molecule has 0 aliphatic carbocycles. The summed E-state index contributed by atoms with van der Waals surface area (Å²) in [6.07, 6.45) is 5.73. The van der Waals surface area contributed by atoms with Crippen molar-refractivity contribution >= 4 is 32.4 Å². The fourth-order valence-corrected chi connectivity index (χ4v) is 8.77. The number of ether oxygens (including phenoxy) is 1. The van der Waals surface area contributed by atoms with Crippen molar-refractivity contribution < 1.29 is 9.22 Å². The third-order valence-corrected chi connectivity index (χ3v) is 10.9. The molecule has 0 radical (unpaired) electrons. The van der Waals surface area contributed by atoms with Crippen molar-refractivity contribution in [2.24, 2.45) is 11.8 Å². The van der Waals surface area contributed by atoms with Crippen LogP contribution >= 0.6 is 0 Å². The molecule has 3 heteroatoms.